The lowest BCUT2D eigenvalue weighted by molar-refractivity contribution is -0.162. The van der Waals surface area contributed by atoms with Crippen molar-refractivity contribution in [2.24, 2.45) is 0 Å². The molecule has 0 spiro atoms. The van der Waals surface area contributed by atoms with Crippen LogP contribution in [0, 0.1) is 6.92 Å². The quantitative estimate of drug-likeness (QED) is 0.0694. The molecule has 41 heavy (non-hydrogen) atoms. The molecule has 0 aliphatic rings. The second-order valence-electron chi connectivity index (χ2n) is 11.4. The molecule has 0 radical (unpaired) electrons. The lowest BCUT2D eigenvalue weighted by Crippen LogP contribution is -2.35. The predicted molar refractivity (Wildman–Crippen MR) is 169 cm³/mol. The molecule has 0 saturated carbocycles. The zero-order valence-electron chi connectivity index (χ0n) is 26.2. The summed E-state index contributed by atoms with van der Waals surface area (Å²) in [6, 6.07) is 16.8. The Morgan fingerprint density at radius 3 is 1.78 bits per heavy atom. The SMILES string of the molecule is CCCCCCCCCCCCCCCC(OC(CC)OS(=O)(=O)c1ccc(C)cc1)C(C)OCc1ccccc1. The summed E-state index contributed by atoms with van der Waals surface area (Å²) < 4.78 is 43.9. The van der Waals surface area contributed by atoms with Gasteiger partial charge in [0.05, 0.1) is 23.7 Å². The zero-order chi connectivity index (χ0) is 29.8. The van der Waals surface area contributed by atoms with Crippen LogP contribution in [-0.4, -0.2) is 26.9 Å². The monoisotopic (exact) mass is 588 g/mol. The molecule has 0 aromatic heterocycles. The first-order valence-electron chi connectivity index (χ1n) is 16.2. The standard InChI is InChI=1S/C35H56O5S/c1-5-7-8-9-10-11-12-13-14-15-16-17-21-24-34(31(4)38-29-32-22-19-18-20-23-32)39-35(6-2)40-41(36,37)33-27-25-30(3)26-28-33/h18-20,22-23,25-28,31,34-35H,5-17,21,24,29H2,1-4H3. The summed E-state index contributed by atoms with van der Waals surface area (Å²) >= 11 is 0. The average molecular weight is 589 g/mol. The normalized spacial score (nSPS) is 14.1. The highest BCUT2D eigenvalue weighted by molar-refractivity contribution is 7.86. The summed E-state index contributed by atoms with van der Waals surface area (Å²) in [5.41, 5.74) is 2.10. The minimum Gasteiger partial charge on any atom is -0.371 e. The van der Waals surface area contributed by atoms with Crippen molar-refractivity contribution in [2.45, 2.75) is 154 Å². The van der Waals surface area contributed by atoms with Gasteiger partial charge in [0.15, 0.2) is 6.29 Å². The van der Waals surface area contributed by atoms with Crippen molar-refractivity contribution < 1.29 is 22.1 Å². The van der Waals surface area contributed by atoms with Crippen LogP contribution in [0.1, 0.15) is 128 Å². The maximum atomic E-state index is 12.9. The van der Waals surface area contributed by atoms with Gasteiger partial charge in [-0.15, -0.1) is 0 Å². The van der Waals surface area contributed by atoms with Crippen molar-refractivity contribution in [1.29, 1.82) is 0 Å². The molecule has 0 aliphatic carbocycles. The number of unbranched alkanes of at least 4 members (excludes halogenated alkanes) is 12. The van der Waals surface area contributed by atoms with Crippen LogP contribution in [0.2, 0.25) is 0 Å². The first-order chi connectivity index (χ1) is 19.9. The predicted octanol–water partition coefficient (Wildman–Crippen LogP) is 9.91. The molecular formula is C35H56O5S. The molecule has 0 aliphatic heterocycles. The van der Waals surface area contributed by atoms with Crippen LogP contribution in [-0.2, 0) is 30.4 Å². The van der Waals surface area contributed by atoms with Crippen LogP contribution >= 0.6 is 0 Å². The van der Waals surface area contributed by atoms with Crippen LogP contribution in [0.3, 0.4) is 0 Å². The van der Waals surface area contributed by atoms with Gasteiger partial charge < -0.3 is 9.47 Å². The lowest BCUT2D eigenvalue weighted by Gasteiger charge is -2.28. The maximum absolute atomic E-state index is 12.9. The second kappa shape index (κ2) is 21.0. The topological polar surface area (TPSA) is 61.8 Å². The van der Waals surface area contributed by atoms with E-state index in [1.807, 2.05) is 51.1 Å². The molecule has 0 bridgehead atoms. The van der Waals surface area contributed by atoms with Crippen molar-refractivity contribution in [3.63, 3.8) is 0 Å². The first-order valence-corrected chi connectivity index (χ1v) is 17.6. The Bertz CT molecular complexity index is 1010. The van der Waals surface area contributed by atoms with Crippen molar-refractivity contribution in [2.75, 3.05) is 0 Å². The Morgan fingerprint density at radius 1 is 0.707 bits per heavy atom. The Hall–Kier alpha value is -1.73. The Labute approximate surface area is 251 Å². The molecule has 232 valence electrons. The van der Waals surface area contributed by atoms with E-state index in [0.717, 1.165) is 30.4 Å². The van der Waals surface area contributed by atoms with Crippen LogP contribution in [0.25, 0.3) is 0 Å². The third-order valence-corrected chi connectivity index (χ3v) is 8.99. The van der Waals surface area contributed by atoms with Gasteiger partial charge in [-0.05, 0) is 44.4 Å². The number of ether oxygens (including phenoxy) is 2. The van der Waals surface area contributed by atoms with E-state index in [9.17, 15) is 8.42 Å². The molecule has 2 rings (SSSR count). The van der Waals surface area contributed by atoms with Crippen LogP contribution in [0.15, 0.2) is 59.5 Å². The second-order valence-corrected chi connectivity index (χ2v) is 13.0. The van der Waals surface area contributed by atoms with Gasteiger partial charge in [0.1, 0.15) is 0 Å². The molecule has 0 N–H and O–H groups in total. The minimum absolute atomic E-state index is 0.145. The van der Waals surface area contributed by atoms with E-state index >= 15 is 0 Å². The first kappa shape index (κ1) is 35.5. The summed E-state index contributed by atoms with van der Waals surface area (Å²) in [5, 5.41) is 0. The average Bonchev–Trinajstić information content (AvgIpc) is 2.97. The number of hydrogen-bond donors (Lipinski definition) is 0. The molecule has 6 heteroatoms. The molecule has 0 heterocycles. The Balaban J connectivity index is 1.82. The van der Waals surface area contributed by atoms with Crippen molar-refractivity contribution in [3.8, 4) is 0 Å². The molecule has 5 nitrogen and oxygen atoms in total. The molecule has 0 fully saturated rings. The van der Waals surface area contributed by atoms with Gasteiger partial charge >= 0.3 is 0 Å². The largest absolute Gasteiger partial charge is 0.371 e. The van der Waals surface area contributed by atoms with Gasteiger partial charge in [0.2, 0.25) is 0 Å². The number of aryl methyl sites for hydroxylation is 1. The molecule has 0 saturated heterocycles. The lowest BCUT2D eigenvalue weighted by atomic mass is 10.0. The van der Waals surface area contributed by atoms with Gasteiger partial charge in [-0.3, -0.25) is 0 Å². The number of benzene rings is 2. The molecule has 3 atom stereocenters. The Morgan fingerprint density at radius 2 is 1.24 bits per heavy atom. The minimum atomic E-state index is -3.93. The summed E-state index contributed by atoms with van der Waals surface area (Å²) in [6.45, 7) is 8.57. The van der Waals surface area contributed by atoms with Gasteiger partial charge in [0.25, 0.3) is 10.1 Å². The molecule has 3 unspecified atom stereocenters. The highest BCUT2D eigenvalue weighted by Crippen LogP contribution is 2.23. The van der Waals surface area contributed by atoms with Gasteiger partial charge in [-0.2, -0.15) is 8.42 Å². The third-order valence-electron chi connectivity index (χ3n) is 7.68. The van der Waals surface area contributed by atoms with E-state index in [2.05, 4.69) is 6.92 Å². The fourth-order valence-corrected chi connectivity index (χ4v) is 6.01. The van der Waals surface area contributed by atoms with E-state index in [1.165, 1.54) is 70.6 Å². The molecular weight excluding hydrogens is 532 g/mol. The number of hydrogen-bond acceptors (Lipinski definition) is 5. The summed E-state index contributed by atoms with van der Waals surface area (Å²) in [5.74, 6) is 0. The summed E-state index contributed by atoms with van der Waals surface area (Å²) in [6.07, 6.45) is 16.8. The fourth-order valence-electron chi connectivity index (χ4n) is 4.97. The number of rotatable bonds is 24. The van der Waals surface area contributed by atoms with Crippen LogP contribution in [0.5, 0.6) is 0 Å². The molecule has 2 aromatic rings. The summed E-state index contributed by atoms with van der Waals surface area (Å²) in [4.78, 5) is 0.145. The Kier molecular flexibility index (Phi) is 18.2. The van der Waals surface area contributed by atoms with Crippen molar-refractivity contribution >= 4 is 10.1 Å². The van der Waals surface area contributed by atoms with Crippen molar-refractivity contribution in [1.82, 2.24) is 0 Å². The van der Waals surface area contributed by atoms with E-state index in [-0.39, 0.29) is 17.1 Å². The van der Waals surface area contributed by atoms with Crippen molar-refractivity contribution in [3.05, 3.63) is 65.7 Å². The van der Waals surface area contributed by atoms with E-state index < -0.39 is 16.4 Å². The molecule has 2 aromatic carbocycles. The van der Waals surface area contributed by atoms with Gasteiger partial charge in [-0.1, -0.05) is 145 Å². The highest BCUT2D eigenvalue weighted by atomic mass is 32.2. The van der Waals surface area contributed by atoms with E-state index in [0.29, 0.717) is 13.0 Å². The summed E-state index contributed by atoms with van der Waals surface area (Å²) in [7, 11) is -3.93. The van der Waals surface area contributed by atoms with E-state index in [4.69, 9.17) is 13.7 Å². The fraction of sp³-hybridized carbons (Fsp3) is 0.657. The maximum Gasteiger partial charge on any atom is 0.299 e. The highest BCUT2D eigenvalue weighted by Gasteiger charge is 2.27. The van der Waals surface area contributed by atoms with E-state index in [1.54, 1.807) is 24.3 Å². The van der Waals surface area contributed by atoms with Crippen LogP contribution < -0.4 is 0 Å². The third kappa shape index (κ3) is 15.3. The zero-order valence-corrected chi connectivity index (χ0v) is 27.0. The van der Waals surface area contributed by atoms with Gasteiger partial charge in [0, 0.05) is 0 Å². The molecule has 0 amide bonds. The van der Waals surface area contributed by atoms with Gasteiger partial charge in [-0.25, -0.2) is 4.18 Å². The smallest absolute Gasteiger partial charge is 0.299 e. The van der Waals surface area contributed by atoms with Crippen LogP contribution in [0.4, 0.5) is 0 Å².